The zero-order valence-corrected chi connectivity index (χ0v) is 11.5. The summed E-state index contributed by atoms with van der Waals surface area (Å²) < 4.78 is 0. The molecule has 0 saturated heterocycles. The molecule has 0 aliphatic carbocycles. The Bertz CT molecular complexity index is 417. The molecular formula is C12H19N3O2S. The summed E-state index contributed by atoms with van der Waals surface area (Å²) in [7, 11) is 0. The molecule has 2 amide bonds. The maximum Gasteiger partial charge on any atom is 0.263 e. The fraction of sp³-hybridized carbons (Fsp3) is 0.500. The minimum absolute atomic E-state index is 0.0520. The van der Waals surface area contributed by atoms with Crippen LogP contribution in [0.1, 0.15) is 36.4 Å². The molecule has 4 N–H and O–H groups in total. The fourth-order valence-corrected chi connectivity index (χ4v) is 2.06. The standard InChI is InChI=1S/C12H19N3O2S/c1-3-8(2)15-10(16)4-6-14-12(17)11-9(13)5-7-18-11/h5,7-8H,3-4,6,13H2,1-2H3,(H,14,17)(H,15,16). The summed E-state index contributed by atoms with van der Waals surface area (Å²) in [6.07, 6.45) is 1.17. The number of anilines is 1. The number of hydrogen-bond donors (Lipinski definition) is 3. The lowest BCUT2D eigenvalue weighted by atomic mass is 10.2. The van der Waals surface area contributed by atoms with Crippen molar-refractivity contribution in [1.82, 2.24) is 10.6 Å². The number of carbonyl (C=O) groups excluding carboxylic acids is 2. The van der Waals surface area contributed by atoms with Crippen LogP contribution in [0.15, 0.2) is 11.4 Å². The Kier molecular flexibility index (Phi) is 5.64. The van der Waals surface area contributed by atoms with E-state index in [0.717, 1.165) is 6.42 Å². The Morgan fingerprint density at radius 3 is 2.78 bits per heavy atom. The third-order valence-electron chi connectivity index (χ3n) is 2.56. The molecule has 18 heavy (non-hydrogen) atoms. The van der Waals surface area contributed by atoms with Crippen molar-refractivity contribution >= 4 is 28.8 Å². The van der Waals surface area contributed by atoms with Crippen LogP contribution in [0.4, 0.5) is 5.69 Å². The van der Waals surface area contributed by atoms with E-state index in [0.29, 0.717) is 17.1 Å². The summed E-state index contributed by atoms with van der Waals surface area (Å²) >= 11 is 1.29. The number of nitrogens with two attached hydrogens (primary N) is 1. The number of amides is 2. The van der Waals surface area contributed by atoms with Gasteiger partial charge in [0.05, 0.1) is 5.69 Å². The molecule has 100 valence electrons. The smallest absolute Gasteiger partial charge is 0.263 e. The summed E-state index contributed by atoms with van der Waals surface area (Å²) in [5.74, 6) is -0.275. The molecule has 6 heteroatoms. The Morgan fingerprint density at radius 1 is 1.50 bits per heavy atom. The lowest BCUT2D eigenvalue weighted by Gasteiger charge is -2.11. The first kappa shape index (κ1) is 14.5. The lowest BCUT2D eigenvalue weighted by Crippen LogP contribution is -2.35. The van der Waals surface area contributed by atoms with Gasteiger partial charge in [0.1, 0.15) is 4.88 Å². The number of nitrogens with one attached hydrogen (secondary N) is 2. The summed E-state index contributed by atoms with van der Waals surface area (Å²) in [6.45, 7) is 4.27. The van der Waals surface area contributed by atoms with E-state index >= 15 is 0 Å². The zero-order valence-electron chi connectivity index (χ0n) is 10.7. The van der Waals surface area contributed by atoms with Gasteiger partial charge >= 0.3 is 0 Å². The molecule has 0 aliphatic rings. The minimum atomic E-state index is -0.223. The van der Waals surface area contributed by atoms with Gasteiger partial charge in [-0.2, -0.15) is 0 Å². The van der Waals surface area contributed by atoms with Crippen LogP contribution in [0.2, 0.25) is 0 Å². The van der Waals surface area contributed by atoms with Crippen LogP contribution < -0.4 is 16.4 Å². The second kappa shape index (κ2) is 7.00. The van der Waals surface area contributed by atoms with Crippen LogP contribution in [-0.4, -0.2) is 24.4 Å². The molecule has 1 aromatic heterocycles. The van der Waals surface area contributed by atoms with Crippen LogP contribution in [0.25, 0.3) is 0 Å². The Balaban J connectivity index is 2.28. The van der Waals surface area contributed by atoms with E-state index in [4.69, 9.17) is 5.73 Å². The van der Waals surface area contributed by atoms with Gasteiger partial charge in [-0.15, -0.1) is 11.3 Å². The molecule has 1 unspecified atom stereocenters. The SMILES string of the molecule is CCC(C)NC(=O)CCNC(=O)c1sccc1N. The average molecular weight is 269 g/mol. The van der Waals surface area contributed by atoms with Crippen LogP contribution in [0, 0.1) is 0 Å². The molecule has 1 atom stereocenters. The first-order chi connectivity index (χ1) is 8.54. The third-order valence-corrected chi connectivity index (χ3v) is 3.49. The van der Waals surface area contributed by atoms with Crippen molar-refractivity contribution in [1.29, 1.82) is 0 Å². The molecule has 0 radical (unpaired) electrons. The van der Waals surface area contributed by atoms with Crippen molar-refractivity contribution in [3.63, 3.8) is 0 Å². The first-order valence-corrected chi connectivity index (χ1v) is 6.83. The number of hydrogen-bond acceptors (Lipinski definition) is 4. The lowest BCUT2D eigenvalue weighted by molar-refractivity contribution is -0.121. The van der Waals surface area contributed by atoms with Gasteiger partial charge in [-0.05, 0) is 24.8 Å². The van der Waals surface area contributed by atoms with E-state index in [-0.39, 0.29) is 24.3 Å². The summed E-state index contributed by atoms with van der Waals surface area (Å²) in [5.41, 5.74) is 6.10. The van der Waals surface area contributed by atoms with E-state index in [1.165, 1.54) is 11.3 Å². The zero-order chi connectivity index (χ0) is 13.5. The van der Waals surface area contributed by atoms with Crippen molar-refractivity contribution in [3.8, 4) is 0 Å². The quantitative estimate of drug-likeness (QED) is 0.729. The molecule has 0 aromatic carbocycles. The third kappa shape index (κ3) is 4.37. The van der Waals surface area contributed by atoms with Crippen molar-refractivity contribution in [3.05, 3.63) is 16.3 Å². The molecule has 1 heterocycles. The van der Waals surface area contributed by atoms with E-state index in [9.17, 15) is 9.59 Å². The highest BCUT2D eigenvalue weighted by atomic mass is 32.1. The fourth-order valence-electron chi connectivity index (χ4n) is 1.32. The second-order valence-electron chi connectivity index (χ2n) is 4.09. The Labute approximate surface area is 111 Å². The Morgan fingerprint density at radius 2 is 2.22 bits per heavy atom. The molecule has 0 spiro atoms. The minimum Gasteiger partial charge on any atom is -0.397 e. The molecule has 1 rings (SSSR count). The van der Waals surface area contributed by atoms with E-state index in [1.54, 1.807) is 11.4 Å². The number of carbonyl (C=O) groups is 2. The highest BCUT2D eigenvalue weighted by Gasteiger charge is 2.11. The maximum absolute atomic E-state index is 11.7. The number of rotatable bonds is 6. The second-order valence-corrected chi connectivity index (χ2v) is 5.00. The molecule has 0 bridgehead atoms. The molecule has 0 aliphatic heterocycles. The van der Waals surface area contributed by atoms with Gasteiger partial charge in [0.25, 0.3) is 5.91 Å². The van der Waals surface area contributed by atoms with Gasteiger partial charge in [-0.25, -0.2) is 0 Å². The van der Waals surface area contributed by atoms with Gasteiger partial charge in [-0.3, -0.25) is 9.59 Å². The van der Waals surface area contributed by atoms with Crippen LogP contribution in [0.3, 0.4) is 0 Å². The molecule has 0 fully saturated rings. The maximum atomic E-state index is 11.7. The number of thiophene rings is 1. The van der Waals surface area contributed by atoms with Crippen LogP contribution in [0.5, 0.6) is 0 Å². The monoisotopic (exact) mass is 269 g/mol. The van der Waals surface area contributed by atoms with Gasteiger partial charge < -0.3 is 16.4 Å². The molecule has 0 saturated carbocycles. The van der Waals surface area contributed by atoms with Crippen molar-refractivity contribution in [2.75, 3.05) is 12.3 Å². The van der Waals surface area contributed by atoms with Gasteiger partial charge in [-0.1, -0.05) is 6.92 Å². The normalized spacial score (nSPS) is 11.9. The summed E-state index contributed by atoms with van der Waals surface area (Å²) in [5, 5.41) is 7.28. The first-order valence-electron chi connectivity index (χ1n) is 5.95. The van der Waals surface area contributed by atoms with Gasteiger partial charge in [0.15, 0.2) is 0 Å². The Hall–Kier alpha value is -1.56. The van der Waals surface area contributed by atoms with Crippen molar-refractivity contribution in [2.24, 2.45) is 0 Å². The summed E-state index contributed by atoms with van der Waals surface area (Å²) in [4.78, 5) is 23.6. The summed E-state index contributed by atoms with van der Waals surface area (Å²) in [6, 6.07) is 1.86. The van der Waals surface area contributed by atoms with Crippen LogP contribution >= 0.6 is 11.3 Å². The van der Waals surface area contributed by atoms with Crippen molar-refractivity contribution in [2.45, 2.75) is 32.7 Å². The average Bonchev–Trinajstić information content (AvgIpc) is 2.75. The number of nitrogen functional groups attached to an aromatic ring is 1. The highest BCUT2D eigenvalue weighted by Crippen LogP contribution is 2.18. The van der Waals surface area contributed by atoms with Crippen molar-refractivity contribution < 1.29 is 9.59 Å². The highest BCUT2D eigenvalue weighted by molar-refractivity contribution is 7.12. The molecule has 1 aromatic rings. The van der Waals surface area contributed by atoms with E-state index in [1.807, 2.05) is 13.8 Å². The van der Waals surface area contributed by atoms with Crippen LogP contribution in [-0.2, 0) is 4.79 Å². The topological polar surface area (TPSA) is 84.2 Å². The predicted molar refractivity (Wildman–Crippen MR) is 73.6 cm³/mol. The van der Waals surface area contributed by atoms with Gasteiger partial charge in [0.2, 0.25) is 5.91 Å². The van der Waals surface area contributed by atoms with Gasteiger partial charge in [0, 0.05) is 19.0 Å². The largest absolute Gasteiger partial charge is 0.397 e. The molecular weight excluding hydrogens is 250 g/mol. The van der Waals surface area contributed by atoms with E-state index in [2.05, 4.69) is 10.6 Å². The van der Waals surface area contributed by atoms with E-state index < -0.39 is 0 Å². The predicted octanol–water partition coefficient (Wildman–Crippen LogP) is 1.36. The molecule has 5 nitrogen and oxygen atoms in total.